The summed E-state index contributed by atoms with van der Waals surface area (Å²) in [7, 11) is 0. The average molecular weight is 474 g/mol. The van der Waals surface area contributed by atoms with Crippen molar-refractivity contribution in [3.05, 3.63) is 54.1 Å². The molecule has 2 aromatic carbocycles. The van der Waals surface area contributed by atoms with Crippen molar-refractivity contribution < 1.29 is 40.7 Å². The van der Waals surface area contributed by atoms with Crippen molar-refractivity contribution >= 4 is 11.8 Å². The number of carbonyl (C=O) groups is 2. The molecule has 11 heteroatoms. The second kappa shape index (κ2) is 8.95. The maximum atomic E-state index is 12.6. The standard InChI is InChI=1S/C22H20F6N2O3/c1-13(29-19(32)20(10-11-20)30-18(31)12-21(23,24)25)14-6-8-15(9-7-14)16-4-2-3-5-17(16)33-22(26,27)28/h2-9,13H,10-12H2,1H3,(H,29,32)(H,30,31)/t13-/m1/s1. The largest absolute Gasteiger partial charge is 0.573 e. The van der Waals surface area contributed by atoms with Gasteiger partial charge in [0.1, 0.15) is 17.7 Å². The number of ether oxygens (including phenoxy) is 1. The Morgan fingerprint density at radius 1 is 1.00 bits per heavy atom. The van der Waals surface area contributed by atoms with E-state index < -0.39 is 42.4 Å². The lowest BCUT2D eigenvalue weighted by molar-refractivity contribution is -0.274. The smallest absolute Gasteiger partial charge is 0.405 e. The highest BCUT2D eigenvalue weighted by atomic mass is 19.4. The summed E-state index contributed by atoms with van der Waals surface area (Å²) in [5.41, 5.74) is -0.0685. The Morgan fingerprint density at radius 3 is 2.15 bits per heavy atom. The van der Waals surface area contributed by atoms with Crippen molar-refractivity contribution in [1.29, 1.82) is 0 Å². The fourth-order valence-electron chi connectivity index (χ4n) is 3.32. The fraction of sp³-hybridized carbons (Fsp3) is 0.364. The highest BCUT2D eigenvalue weighted by Crippen LogP contribution is 2.37. The summed E-state index contributed by atoms with van der Waals surface area (Å²) in [5.74, 6) is -2.23. The molecule has 0 bridgehead atoms. The topological polar surface area (TPSA) is 67.4 Å². The molecule has 2 amide bonds. The van der Waals surface area contributed by atoms with Crippen LogP contribution >= 0.6 is 0 Å². The van der Waals surface area contributed by atoms with Crippen LogP contribution in [0.25, 0.3) is 11.1 Å². The lowest BCUT2D eigenvalue weighted by atomic mass is 10.0. The highest BCUT2D eigenvalue weighted by molar-refractivity contribution is 5.94. The Hall–Kier alpha value is -3.24. The maximum absolute atomic E-state index is 12.6. The summed E-state index contributed by atoms with van der Waals surface area (Å²) < 4.78 is 79.1. The Kier molecular flexibility index (Phi) is 6.62. The third kappa shape index (κ3) is 6.62. The molecule has 3 rings (SSSR count). The van der Waals surface area contributed by atoms with Crippen LogP contribution in [0.1, 0.15) is 37.8 Å². The third-order valence-corrected chi connectivity index (χ3v) is 5.11. The van der Waals surface area contributed by atoms with Crippen LogP contribution in [0, 0.1) is 0 Å². The summed E-state index contributed by atoms with van der Waals surface area (Å²) in [5, 5.41) is 4.82. The van der Waals surface area contributed by atoms with Crippen LogP contribution in [0.3, 0.4) is 0 Å². The van der Waals surface area contributed by atoms with Gasteiger partial charge in [-0.2, -0.15) is 13.2 Å². The average Bonchev–Trinajstić information content (AvgIpc) is 3.46. The molecular formula is C22H20F6N2O3. The molecule has 0 unspecified atom stereocenters. The Balaban J connectivity index is 1.66. The predicted octanol–water partition coefficient (Wildman–Crippen LogP) is 5.03. The van der Waals surface area contributed by atoms with Gasteiger partial charge in [0.25, 0.3) is 0 Å². The zero-order chi connectivity index (χ0) is 24.4. The Morgan fingerprint density at radius 2 is 1.61 bits per heavy atom. The maximum Gasteiger partial charge on any atom is 0.573 e. The molecule has 0 aromatic heterocycles. The number of rotatable bonds is 7. The minimum atomic E-state index is -4.84. The van der Waals surface area contributed by atoms with Gasteiger partial charge >= 0.3 is 12.5 Å². The van der Waals surface area contributed by atoms with Gasteiger partial charge in [-0.05, 0) is 37.0 Å². The lowest BCUT2D eigenvalue weighted by Crippen LogP contribution is -2.50. The van der Waals surface area contributed by atoms with Gasteiger partial charge in [-0.15, -0.1) is 13.2 Å². The molecule has 1 aliphatic rings. The number of benzene rings is 2. The highest BCUT2D eigenvalue weighted by Gasteiger charge is 2.52. The number of hydrogen-bond donors (Lipinski definition) is 2. The van der Waals surface area contributed by atoms with E-state index in [9.17, 15) is 35.9 Å². The van der Waals surface area contributed by atoms with Gasteiger partial charge in [0, 0.05) is 5.56 Å². The van der Waals surface area contributed by atoms with Gasteiger partial charge in [-0.1, -0.05) is 42.5 Å². The number of amides is 2. The quantitative estimate of drug-likeness (QED) is 0.554. The summed E-state index contributed by atoms with van der Waals surface area (Å²) in [4.78, 5) is 24.1. The van der Waals surface area contributed by atoms with Gasteiger partial charge in [-0.25, -0.2) is 0 Å². The molecule has 178 valence electrons. The summed E-state index contributed by atoms with van der Waals surface area (Å²) in [6.07, 6.45) is -10.7. The summed E-state index contributed by atoms with van der Waals surface area (Å²) in [6, 6.07) is 11.4. The molecule has 0 radical (unpaired) electrons. The molecule has 33 heavy (non-hydrogen) atoms. The van der Waals surface area contributed by atoms with E-state index in [1.165, 1.54) is 18.2 Å². The lowest BCUT2D eigenvalue weighted by Gasteiger charge is -2.21. The second-order valence-corrected chi connectivity index (χ2v) is 7.78. The van der Waals surface area contributed by atoms with E-state index >= 15 is 0 Å². The van der Waals surface area contributed by atoms with E-state index in [2.05, 4.69) is 15.4 Å². The fourth-order valence-corrected chi connectivity index (χ4v) is 3.32. The van der Waals surface area contributed by atoms with Gasteiger partial charge in [0.05, 0.1) is 6.04 Å². The van der Waals surface area contributed by atoms with Gasteiger partial charge in [0.2, 0.25) is 11.8 Å². The van der Waals surface area contributed by atoms with E-state index in [-0.39, 0.29) is 24.2 Å². The monoisotopic (exact) mass is 474 g/mol. The first-order chi connectivity index (χ1) is 15.3. The first-order valence-corrected chi connectivity index (χ1v) is 9.92. The number of alkyl halides is 6. The van der Waals surface area contributed by atoms with E-state index in [0.29, 0.717) is 11.1 Å². The molecule has 0 aliphatic heterocycles. The number of halogens is 6. The molecule has 1 atom stereocenters. The minimum Gasteiger partial charge on any atom is -0.405 e. The van der Waals surface area contributed by atoms with E-state index in [0.717, 1.165) is 0 Å². The van der Waals surface area contributed by atoms with E-state index in [4.69, 9.17) is 0 Å². The number of hydrogen-bond acceptors (Lipinski definition) is 3. The van der Waals surface area contributed by atoms with E-state index in [1.54, 1.807) is 37.3 Å². The first-order valence-electron chi connectivity index (χ1n) is 9.92. The zero-order valence-electron chi connectivity index (χ0n) is 17.3. The summed E-state index contributed by atoms with van der Waals surface area (Å²) >= 11 is 0. The molecule has 0 spiro atoms. The van der Waals surface area contributed by atoms with Crippen LogP contribution in [-0.2, 0) is 9.59 Å². The molecule has 2 aromatic rings. The number of para-hydroxylation sites is 1. The van der Waals surface area contributed by atoms with Crippen LogP contribution < -0.4 is 15.4 Å². The van der Waals surface area contributed by atoms with Crippen molar-refractivity contribution in [2.75, 3.05) is 0 Å². The van der Waals surface area contributed by atoms with Crippen LogP contribution in [0.15, 0.2) is 48.5 Å². The van der Waals surface area contributed by atoms with Crippen LogP contribution in [-0.4, -0.2) is 29.9 Å². The molecule has 2 N–H and O–H groups in total. The Bertz CT molecular complexity index is 1010. The summed E-state index contributed by atoms with van der Waals surface area (Å²) in [6.45, 7) is 1.64. The molecule has 1 saturated carbocycles. The molecule has 1 fully saturated rings. The minimum absolute atomic E-state index is 0.224. The molecule has 0 saturated heterocycles. The van der Waals surface area contributed by atoms with Crippen LogP contribution in [0.2, 0.25) is 0 Å². The van der Waals surface area contributed by atoms with Crippen LogP contribution in [0.5, 0.6) is 5.75 Å². The second-order valence-electron chi connectivity index (χ2n) is 7.78. The van der Waals surface area contributed by atoms with Crippen LogP contribution in [0.4, 0.5) is 26.3 Å². The van der Waals surface area contributed by atoms with Gasteiger partial charge in [0.15, 0.2) is 0 Å². The molecule has 1 aliphatic carbocycles. The zero-order valence-corrected chi connectivity index (χ0v) is 17.3. The molecule has 5 nitrogen and oxygen atoms in total. The normalized spacial score (nSPS) is 16.0. The van der Waals surface area contributed by atoms with Gasteiger partial charge in [-0.3, -0.25) is 9.59 Å². The Labute approximate surface area is 185 Å². The number of nitrogens with one attached hydrogen (secondary N) is 2. The van der Waals surface area contributed by atoms with E-state index in [1.807, 2.05) is 0 Å². The molecule has 0 heterocycles. The SMILES string of the molecule is C[C@@H](NC(=O)C1(NC(=O)CC(F)(F)F)CC1)c1ccc(-c2ccccc2OC(F)(F)F)cc1. The molecular weight excluding hydrogens is 454 g/mol. The third-order valence-electron chi connectivity index (χ3n) is 5.11. The van der Waals surface area contributed by atoms with Crippen molar-refractivity contribution in [2.24, 2.45) is 0 Å². The van der Waals surface area contributed by atoms with Crippen molar-refractivity contribution in [1.82, 2.24) is 10.6 Å². The number of carbonyl (C=O) groups excluding carboxylic acids is 2. The van der Waals surface area contributed by atoms with Crippen molar-refractivity contribution in [2.45, 2.75) is 50.3 Å². The van der Waals surface area contributed by atoms with Gasteiger partial charge < -0.3 is 15.4 Å². The predicted molar refractivity (Wildman–Crippen MR) is 106 cm³/mol. The first kappa shape index (κ1) is 24.4. The van der Waals surface area contributed by atoms with Crippen molar-refractivity contribution in [3.8, 4) is 16.9 Å². The van der Waals surface area contributed by atoms with Crippen molar-refractivity contribution in [3.63, 3.8) is 0 Å².